The molecular weight excluding hydrogens is 220 g/mol. The molecule has 0 heterocycles. The summed E-state index contributed by atoms with van der Waals surface area (Å²) in [6.45, 7) is 3.12. The van der Waals surface area contributed by atoms with Crippen molar-refractivity contribution in [3.8, 4) is 0 Å². The first-order valence-corrected chi connectivity index (χ1v) is 7.20. The van der Waals surface area contributed by atoms with E-state index in [2.05, 4.69) is 49.2 Å². The summed E-state index contributed by atoms with van der Waals surface area (Å²) in [5.74, 6) is 1.66. The molecule has 1 unspecified atom stereocenters. The van der Waals surface area contributed by atoms with Crippen LogP contribution in [0.1, 0.15) is 32.6 Å². The maximum Gasteiger partial charge on any atom is 0.0437 e. The molecule has 100 valence electrons. The van der Waals surface area contributed by atoms with Crippen LogP contribution in [-0.4, -0.2) is 19.6 Å². The van der Waals surface area contributed by atoms with Gasteiger partial charge in [0.25, 0.3) is 0 Å². The topological polar surface area (TPSA) is 29.3 Å². The highest BCUT2D eigenvalue weighted by molar-refractivity contribution is 5.46. The third kappa shape index (κ3) is 3.05. The highest BCUT2D eigenvalue weighted by atomic mass is 15.1. The quantitative estimate of drug-likeness (QED) is 0.883. The van der Waals surface area contributed by atoms with Crippen molar-refractivity contribution in [1.82, 2.24) is 0 Å². The van der Waals surface area contributed by atoms with E-state index in [-0.39, 0.29) is 0 Å². The summed E-state index contributed by atoms with van der Waals surface area (Å²) in [7, 11) is 2.19. The van der Waals surface area contributed by atoms with Crippen LogP contribution in [0.25, 0.3) is 0 Å². The number of hydrogen-bond acceptors (Lipinski definition) is 2. The summed E-state index contributed by atoms with van der Waals surface area (Å²) in [5, 5.41) is 0. The largest absolute Gasteiger partial charge is 0.370 e. The molecule has 1 atom stereocenters. The molecule has 0 aliphatic heterocycles. The number of benzene rings is 1. The van der Waals surface area contributed by atoms with Crippen LogP contribution in [0.3, 0.4) is 0 Å². The van der Waals surface area contributed by atoms with Crippen LogP contribution in [0.5, 0.6) is 0 Å². The van der Waals surface area contributed by atoms with Gasteiger partial charge in [0, 0.05) is 25.3 Å². The van der Waals surface area contributed by atoms with Crippen LogP contribution in [0.4, 0.5) is 5.69 Å². The molecule has 0 amide bonds. The number of likely N-dealkylation sites (N-methyl/N-ethyl adjacent to an activating group) is 1. The fraction of sp³-hybridized carbons (Fsp3) is 0.625. The van der Waals surface area contributed by atoms with Crippen molar-refractivity contribution in [3.63, 3.8) is 0 Å². The fourth-order valence-electron chi connectivity index (χ4n) is 3.19. The third-order valence-electron chi connectivity index (χ3n) is 4.51. The Morgan fingerprint density at radius 3 is 2.33 bits per heavy atom. The highest BCUT2D eigenvalue weighted by Gasteiger charge is 2.27. The number of para-hydroxylation sites is 1. The van der Waals surface area contributed by atoms with Crippen molar-refractivity contribution >= 4 is 5.69 Å². The summed E-state index contributed by atoms with van der Waals surface area (Å²) < 4.78 is 0. The summed E-state index contributed by atoms with van der Waals surface area (Å²) in [6, 6.07) is 11.1. The van der Waals surface area contributed by atoms with E-state index in [0.29, 0.717) is 6.04 Å². The van der Waals surface area contributed by atoms with Crippen LogP contribution in [-0.2, 0) is 0 Å². The first-order valence-electron chi connectivity index (χ1n) is 7.20. The average Bonchev–Trinajstić information content (AvgIpc) is 2.42. The molecule has 2 heteroatoms. The minimum Gasteiger partial charge on any atom is -0.370 e. The van der Waals surface area contributed by atoms with Crippen molar-refractivity contribution < 1.29 is 0 Å². The van der Waals surface area contributed by atoms with Gasteiger partial charge in [-0.1, -0.05) is 38.0 Å². The van der Waals surface area contributed by atoms with Crippen molar-refractivity contribution in [2.45, 2.75) is 38.6 Å². The monoisotopic (exact) mass is 246 g/mol. The number of hydrogen-bond donors (Lipinski definition) is 1. The van der Waals surface area contributed by atoms with E-state index >= 15 is 0 Å². The van der Waals surface area contributed by atoms with Gasteiger partial charge in [0.15, 0.2) is 0 Å². The van der Waals surface area contributed by atoms with E-state index in [9.17, 15) is 0 Å². The molecule has 1 aromatic rings. The molecule has 0 saturated heterocycles. The molecule has 2 rings (SSSR count). The average molecular weight is 246 g/mol. The summed E-state index contributed by atoms with van der Waals surface area (Å²) in [4.78, 5) is 2.38. The molecule has 2 N–H and O–H groups in total. The Bertz CT molecular complexity index is 341. The standard InChI is InChI=1S/C16H26N2/c1-13-8-10-14(11-9-13)16(12-17)18(2)15-6-4-3-5-7-15/h3-7,13-14,16H,8-12,17H2,1-2H3. The lowest BCUT2D eigenvalue weighted by molar-refractivity contribution is 0.253. The molecule has 2 nitrogen and oxygen atoms in total. The van der Waals surface area contributed by atoms with Crippen molar-refractivity contribution in [2.75, 3.05) is 18.5 Å². The fourth-order valence-corrected chi connectivity index (χ4v) is 3.19. The summed E-state index contributed by atoms with van der Waals surface area (Å²) in [6.07, 6.45) is 5.40. The van der Waals surface area contributed by atoms with E-state index in [4.69, 9.17) is 5.73 Å². The molecular formula is C16H26N2. The van der Waals surface area contributed by atoms with Crippen LogP contribution in [0.15, 0.2) is 30.3 Å². The highest BCUT2D eigenvalue weighted by Crippen LogP contribution is 2.33. The van der Waals surface area contributed by atoms with Gasteiger partial charge in [-0.25, -0.2) is 0 Å². The number of nitrogens with two attached hydrogens (primary N) is 1. The molecule has 1 fully saturated rings. The Balaban J connectivity index is 2.04. The molecule has 0 spiro atoms. The summed E-state index contributed by atoms with van der Waals surface area (Å²) >= 11 is 0. The first-order chi connectivity index (χ1) is 8.72. The summed E-state index contributed by atoms with van der Waals surface area (Å²) in [5.41, 5.74) is 7.32. The molecule has 18 heavy (non-hydrogen) atoms. The Morgan fingerprint density at radius 1 is 1.17 bits per heavy atom. The normalized spacial score (nSPS) is 25.7. The molecule has 1 aromatic carbocycles. The predicted octanol–water partition coefficient (Wildman–Crippen LogP) is 3.28. The van der Waals surface area contributed by atoms with Crippen molar-refractivity contribution in [3.05, 3.63) is 30.3 Å². The molecule has 1 aliphatic carbocycles. The van der Waals surface area contributed by atoms with Gasteiger partial charge in [0.05, 0.1) is 0 Å². The van der Waals surface area contributed by atoms with Gasteiger partial charge in [-0.3, -0.25) is 0 Å². The minimum atomic E-state index is 0.486. The number of anilines is 1. The lowest BCUT2D eigenvalue weighted by Crippen LogP contribution is -2.44. The predicted molar refractivity (Wildman–Crippen MR) is 78.8 cm³/mol. The van der Waals surface area contributed by atoms with Gasteiger partial charge < -0.3 is 10.6 Å². The number of rotatable bonds is 4. The van der Waals surface area contributed by atoms with Crippen molar-refractivity contribution in [2.24, 2.45) is 17.6 Å². The second-order valence-corrected chi connectivity index (χ2v) is 5.77. The van der Waals surface area contributed by atoms with E-state index < -0.39 is 0 Å². The smallest absolute Gasteiger partial charge is 0.0437 e. The van der Waals surface area contributed by atoms with E-state index in [1.54, 1.807) is 0 Å². The second-order valence-electron chi connectivity index (χ2n) is 5.77. The molecule has 1 saturated carbocycles. The molecule has 0 bridgehead atoms. The lowest BCUT2D eigenvalue weighted by atomic mass is 9.78. The first kappa shape index (κ1) is 13.4. The number of nitrogens with zero attached hydrogens (tertiary/aromatic N) is 1. The van der Waals surface area contributed by atoms with E-state index in [1.807, 2.05) is 0 Å². The van der Waals surface area contributed by atoms with Crippen LogP contribution < -0.4 is 10.6 Å². The minimum absolute atomic E-state index is 0.486. The van der Waals surface area contributed by atoms with Crippen LogP contribution in [0, 0.1) is 11.8 Å². The zero-order valence-electron chi connectivity index (χ0n) is 11.7. The van der Waals surface area contributed by atoms with E-state index in [1.165, 1.54) is 31.4 Å². The SMILES string of the molecule is CC1CCC(C(CN)N(C)c2ccccc2)CC1. The third-order valence-corrected chi connectivity index (χ3v) is 4.51. The van der Waals surface area contributed by atoms with Gasteiger partial charge in [-0.15, -0.1) is 0 Å². The Morgan fingerprint density at radius 2 is 1.78 bits per heavy atom. The lowest BCUT2D eigenvalue weighted by Gasteiger charge is -2.38. The molecule has 0 aromatic heterocycles. The zero-order chi connectivity index (χ0) is 13.0. The maximum absolute atomic E-state index is 6.03. The second kappa shape index (κ2) is 6.24. The van der Waals surface area contributed by atoms with Gasteiger partial charge in [0.1, 0.15) is 0 Å². The Kier molecular flexibility index (Phi) is 4.65. The van der Waals surface area contributed by atoms with Crippen molar-refractivity contribution in [1.29, 1.82) is 0 Å². The maximum atomic E-state index is 6.03. The molecule has 1 aliphatic rings. The Hall–Kier alpha value is -1.02. The Labute approximate surface area is 111 Å². The van der Waals surface area contributed by atoms with Crippen LogP contribution >= 0.6 is 0 Å². The van der Waals surface area contributed by atoms with Gasteiger partial charge >= 0.3 is 0 Å². The zero-order valence-corrected chi connectivity index (χ0v) is 11.7. The van der Waals surface area contributed by atoms with Gasteiger partial charge in [-0.05, 0) is 36.8 Å². The van der Waals surface area contributed by atoms with E-state index in [0.717, 1.165) is 18.4 Å². The van der Waals surface area contributed by atoms with Gasteiger partial charge in [-0.2, -0.15) is 0 Å². The van der Waals surface area contributed by atoms with Crippen LogP contribution in [0.2, 0.25) is 0 Å². The molecule has 0 radical (unpaired) electrons. The van der Waals surface area contributed by atoms with Gasteiger partial charge in [0.2, 0.25) is 0 Å².